The van der Waals surface area contributed by atoms with Gasteiger partial charge in [-0.3, -0.25) is 14.4 Å². The molecule has 0 aliphatic rings. The Morgan fingerprint density at radius 2 is 1.33 bits per heavy atom. The van der Waals surface area contributed by atoms with Crippen molar-refractivity contribution in [3.05, 3.63) is 12.2 Å². The van der Waals surface area contributed by atoms with E-state index in [-0.39, 0.29) is 23.5 Å². The summed E-state index contributed by atoms with van der Waals surface area (Å²) in [5.41, 5.74) is 5.57. The zero-order valence-electron chi connectivity index (χ0n) is 22.6. The zero-order valence-corrected chi connectivity index (χ0v) is 22.6. The van der Waals surface area contributed by atoms with Gasteiger partial charge in [0.25, 0.3) is 0 Å². The van der Waals surface area contributed by atoms with Gasteiger partial charge in [-0.25, -0.2) is 9.59 Å². The van der Waals surface area contributed by atoms with Crippen LogP contribution in [0.1, 0.15) is 67.7 Å². The fraction of sp³-hybridized carbons (Fsp3) is 0.720. The summed E-state index contributed by atoms with van der Waals surface area (Å²) in [7, 11) is 0. The number of urea groups is 1. The summed E-state index contributed by atoms with van der Waals surface area (Å²) in [4.78, 5) is 61.5. The van der Waals surface area contributed by atoms with Gasteiger partial charge < -0.3 is 32.1 Å². The molecular formula is C25H45N5O6. The van der Waals surface area contributed by atoms with Crippen LogP contribution in [0.15, 0.2) is 12.2 Å². The van der Waals surface area contributed by atoms with E-state index in [1.54, 1.807) is 27.7 Å². The second-order valence-corrected chi connectivity index (χ2v) is 9.99. The number of Topliss-reactive ketones (excluding diaryl/α,β-unsaturated/α-hetero) is 1. The zero-order chi connectivity index (χ0) is 28.0. The molecular weight excluding hydrogens is 466 g/mol. The summed E-state index contributed by atoms with van der Waals surface area (Å²) >= 11 is 0. The van der Waals surface area contributed by atoms with Crippen molar-refractivity contribution in [2.24, 2.45) is 23.5 Å². The molecule has 4 amide bonds. The topological polar surface area (TPSA) is 180 Å². The molecule has 0 aromatic heterocycles. The maximum atomic E-state index is 13.1. The molecule has 0 radical (unpaired) electrons. The predicted octanol–water partition coefficient (Wildman–Crippen LogP) is 1.32. The Bertz CT molecular complexity index is 781. The smallest absolute Gasteiger partial charge is 0.328 e. The Kier molecular flexibility index (Phi) is 15.3. The van der Waals surface area contributed by atoms with Gasteiger partial charge in [-0.15, -0.1) is 0 Å². The lowest BCUT2D eigenvalue weighted by molar-refractivity contribution is -0.131. The van der Waals surface area contributed by atoms with Crippen molar-refractivity contribution in [1.82, 2.24) is 21.3 Å². The van der Waals surface area contributed by atoms with E-state index in [4.69, 9.17) is 10.8 Å². The minimum Gasteiger partial charge on any atom is -0.478 e. The molecule has 0 spiro atoms. The summed E-state index contributed by atoms with van der Waals surface area (Å²) in [6, 6.07) is -3.76. The third-order valence-corrected chi connectivity index (χ3v) is 5.68. The van der Waals surface area contributed by atoms with Crippen molar-refractivity contribution in [3.63, 3.8) is 0 Å². The molecule has 0 aliphatic heterocycles. The van der Waals surface area contributed by atoms with E-state index in [1.807, 2.05) is 13.8 Å². The number of carboxylic acid groups (broad SMARTS) is 1. The fourth-order valence-corrected chi connectivity index (χ4v) is 3.51. The summed E-state index contributed by atoms with van der Waals surface area (Å²) in [6.45, 7) is 12.6. The summed E-state index contributed by atoms with van der Waals surface area (Å²) in [5.74, 6) is -2.85. The van der Waals surface area contributed by atoms with E-state index < -0.39 is 48.0 Å². The number of amides is 4. The summed E-state index contributed by atoms with van der Waals surface area (Å²) in [6.07, 6.45) is 3.92. The number of carbonyl (C=O) groups is 5. The minimum absolute atomic E-state index is 0.0890. The van der Waals surface area contributed by atoms with Crippen LogP contribution < -0.4 is 27.0 Å². The molecule has 0 aromatic carbocycles. The molecule has 0 rings (SSSR count). The van der Waals surface area contributed by atoms with E-state index in [1.165, 1.54) is 13.0 Å². The van der Waals surface area contributed by atoms with E-state index >= 15 is 0 Å². The highest BCUT2D eigenvalue weighted by Gasteiger charge is 2.30. The number of hydrogen-bond donors (Lipinski definition) is 6. The largest absolute Gasteiger partial charge is 0.478 e. The number of rotatable bonds is 16. The number of hydrogen-bond acceptors (Lipinski definition) is 6. The lowest BCUT2D eigenvalue weighted by Crippen LogP contribution is -2.59. The minimum atomic E-state index is -1.13. The van der Waals surface area contributed by atoms with E-state index in [2.05, 4.69) is 21.3 Å². The van der Waals surface area contributed by atoms with Crippen LogP contribution in [-0.4, -0.2) is 65.4 Å². The second-order valence-electron chi connectivity index (χ2n) is 9.99. The van der Waals surface area contributed by atoms with Gasteiger partial charge >= 0.3 is 12.0 Å². The third kappa shape index (κ3) is 12.7. The Labute approximate surface area is 214 Å². The highest BCUT2D eigenvalue weighted by atomic mass is 16.4. The van der Waals surface area contributed by atoms with Gasteiger partial charge in [-0.1, -0.05) is 47.6 Å². The van der Waals surface area contributed by atoms with Gasteiger partial charge in [-0.05, 0) is 50.5 Å². The highest BCUT2D eigenvalue weighted by Crippen LogP contribution is 2.09. The Morgan fingerprint density at radius 3 is 1.78 bits per heavy atom. The first kappa shape index (κ1) is 33.0. The predicted molar refractivity (Wildman–Crippen MR) is 138 cm³/mol. The average molecular weight is 512 g/mol. The molecule has 0 aliphatic carbocycles. The SMILES string of the molecule is CC(=O)[C@@H](NC(=O)N[C@H](C(=O)N[C@@H](CCCCN)C(=O)N[C@H](/C=C/C(=O)O)C(C)C)C(C)C)C(C)C. The van der Waals surface area contributed by atoms with Crippen LogP contribution in [0.3, 0.4) is 0 Å². The van der Waals surface area contributed by atoms with Crippen molar-refractivity contribution in [2.75, 3.05) is 6.54 Å². The molecule has 7 N–H and O–H groups in total. The van der Waals surface area contributed by atoms with Crippen LogP contribution in [0.5, 0.6) is 0 Å². The Morgan fingerprint density at radius 1 is 0.778 bits per heavy atom. The van der Waals surface area contributed by atoms with Gasteiger partial charge in [0.15, 0.2) is 5.78 Å². The van der Waals surface area contributed by atoms with Crippen molar-refractivity contribution < 1.29 is 29.1 Å². The maximum Gasteiger partial charge on any atom is 0.328 e. The van der Waals surface area contributed by atoms with E-state index in [0.717, 1.165) is 6.08 Å². The van der Waals surface area contributed by atoms with Crippen LogP contribution in [0.2, 0.25) is 0 Å². The summed E-state index contributed by atoms with van der Waals surface area (Å²) < 4.78 is 0. The molecule has 0 saturated carbocycles. The Balaban J connectivity index is 5.58. The van der Waals surface area contributed by atoms with Gasteiger partial charge in [-0.2, -0.15) is 0 Å². The number of carbonyl (C=O) groups excluding carboxylic acids is 4. The number of ketones is 1. The third-order valence-electron chi connectivity index (χ3n) is 5.68. The standard InChI is InChI=1S/C25H45N5O6/c1-14(2)18(11-12-20(32)33)27-23(34)19(10-8-9-13-26)28-24(35)22(16(5)6)30-25(36)29-21(15(3)4)17(7)31/h11-12,14-16,18-19,21-22H,8-10,13,26H2,1-7H3,(H,27,34)(H,28,35)(H,32,33)(H2,29,30,36)/b12-11+/t18-,19+,21+,22+/m1/s1. The number of aliphatic carboxylic acids is 1. The number of unbranched alkanes of at least 4 members (excludes halogenated alkanes) is 1. The van der Waals surface area contributed by atoms with Gasteiger partial charge in [0, 0.05) is 6.08 Å². The molecule has 0 bridgehead atoms. The van der Waals surface area contributed by atoms with Crippen LogP contribution in [0.4, 0.5) is 4.79 Å². The first-order valence-corrected chi connectivity index (χ1v) is 12.5. The van der Waals surface area contributed by atoms with E-state index in [0.29, 0.717) is 25.8 Å². The monoisotopic (exact) mass is 511 g/mol. The molecule has 4 atom stereocenters. The van der Waals surface area contributed by atoms with Crippen LogP contribution in [0, 0.1) is 17.8 Å². The highest BCUT2D eigenvalue weighted by molar-refractivity contribution is 5.93. The van der Waals surface area contributed by atoms with Gasteiger partial charge in [0.1, 0.15) is 12.1 Å². The first-order chi connectivity index (χ1) is 16.7. The fourth-order valence-electron chi connectivity index (χ4n) is 3.51. The molecule has 36 heavy (non-hydrogen) atoms. The lowest BCUT2D eigenvalue weighted by Gasteiger charge is -2.28. The molecule has 0 fully saturated rings. The molecule has 206 valence electrons. The quantitative estimate of drug-likeness (QED) is 0.133. The molecule has 11 nitrogen and oxygen atoms in total. The molecule has 0 aromatic rings. The Hall–Kier alpha value is -2.95. The normalized spacial score (nSPS) is 14.9. The first-order valence-electron chi connectivity index (χ1n) is 12.5. The van der Waals surface area contributed by atoms with Crippen molar-refractivity contribution in [1.29, 1.82) is 0 Å². The molecule has 11 heteroatoms. The number of carboxylic acids is 1. The van der Waals surface area contributed by atoms with Crippen molar-refractivity contribution in [2.45, 2.75) is 91.9 Å². The van der Waals surface area contributed by atoms with Crippen LogP contribution in [-0.2, 0) is 19.2 Å². The van der Waals surface area contributed by atoms with Crippen molar-refractivity contribution >= 4 is 29.6 Å². The second kappa shape index (κ2) is 16.7. The van der Waals surface area contributed by atoms with E-state index in [9.17, 15) is 24.0 Å². The maximum absolute atomic E-state index is 13.1. The van der Waals surface area contributed by atoms with Gasteiger partial charge in [0.05, 0.1) is 12.1 Å². The molecule has 0 unspecified atom stereocenters. The van der Waals surface area contributed by atoms with Gasteiger partial charge in [0.2, 0.25) is 11.8 Å². The van der Waals surface area contributed by atoms with Crippen LogP contribution >= 0.6 is 0 Å². The number of nitrogens with two attached hydrogens (primary N) is 1. The summed E-state index contributed by atoms with van der Waals surface area (Å²) in [5, 5.41) is 19.7. The van der Waals surface area contributed by atoms with Crippen LogP contribution in [0.25, 0.3) is 0 Å². The molecule has 0 saturated heterocycles. The average Bonchev–Trinajstić information content (AvgIpc) is 2.76. The number of nitrogens with one attached hydrogen (secondary N) is 4. The lowest BCUT2D eigenvalue weighted by atomic mass is 10.00. The molecule has 0 heterocycles. The van der Waals surface area contributed by atoms with Crippen molar-refractivity contribution in [3.8, 4) is 0 Å².